The lowest BCUT2D eigenvalue weighted by Gasteiger charge is -2.45. The van der Waals surface area contributed by atoms with Crippen LogP contribution >= 0.6 is 12.4 Å². The fraction of sp³-hybridized carbons (Fsp3) is 0.833. The fourth-order valence-electron chi connectivity index (χ4n) is 4.75. The SMILES string of the molecule is CCCC1(C(=O)N2CCC(c3nnc4n3CCNC4)CC2)CCC1.Cl. The summed E-state index contributed by atoms with van der Waals surface area (Å²) in [6, 6.07) is 0. The van der Waals surface area contributed by atoms with Crippen LogP contribution in [-0.4, -0.2) is 45.2 Å². The lowest BCUT2D eigenvalue weighted by atomic mass is 9.65. The number of amides is 1. The number of halogens is 1. The van der Waals surface area contributed by atoms with Crippen LogP contribution in [0.1, 0.15) is 69.4 Å². The summed E-state index contributed by atoms with van der Waals surface area (Å²) in [5.41, 5.74) is -0.0126. The van der Waals surface area contributed by atoms with Crippen molar-refractivity contribution in [2.24, 2.45) is 5.41 Å². The van der Waals surface area contributed by atoms with Crippen molar-refractivity contribution in [2.45, 2.75) is 70.9 Å². The smallest absolute Gasteiger partial charge is 0.228 e. The molecule has 0 unspecified atom stereocenters. The van der Waals surface area contributed by atoms with Gasteiger partial charge in [-0.05, 0) is 32.1 Å². The fourth-order valence-corrected chi connectivity index (χ4v) is 4.75. The van der Waals surface area contributed by atoms with Crippen molar-refractivity contribution < 1.29 is 4.79 Å². The standard InChI is InChI=1S/C18H29N5O.ClH/c1-2-6-18(7-3-8-18)17(24)22-10-4-14(5-11-22)16-21-20-15-13-19-9-12-23(15)16;/h14,19H,2-13H2,1H3;1H. The van der Waals surface area contributed by atoms with Gasteiger partial charge in [-0.25, -0.2) is 0 Å². The van der Waals surface area contributed by atoms with E-state index in [0.717, 1.165) is 82.9 Å². The Morgan fingerprint density at radius 3 is 2.64 bits per heavy atom. The summed E-state index contributed by atoms with van der Waals surface area (Å²) in [5, 5.41) is 12.2. The van der Waals surface area contributed by atoms with Gasteiger partial charge in [0.25, 0.3) is 0 Å². The molecule has 1 aromatic rings. The topological polar surface area (TPSA) is 63.1 Å². The zero-order valence-electron chi connectivity index (χ0n) is 15.2. The number of fused-ring (bicyclic) bond motifs is 1. The van der Waals surface area contributed by atoms with Crippen molar-refractivity contribution in [2.75, 3.05) is 19.6 Å². The number of nitrogens with one attached hydrogen (secondary N) is 1. The highest BCUT2D eigenvalue weighted by atomic mass is 35.5. The number of aromatic nitrogens is 3. The van der Waals surface area contributed by atoms with Crippen molar-refractivity contribution in [3.8, 4) is 0 Å². The lowest BCUT2D eigenvalue weighted by Crippen LogP contribution is -2.50. The van der Waals surface area contributed by atoms with E-state index in [-0.39, 0.29) is 17.8 Å². The first-order chi connectivity index (χ1) is 11.7. The molecular weight excluding hydrogens is 338 g/mol. The molecule has 3 aliphatic rings. The highest BCUT2D eigenvalue weighted by Crippen LogP contribution is 2.47. The first-order valence-electron chi connectivity index (χ1n) is 9.65. The predicted molar refractivity (Wildman–Crippen MR) is 98.7 cm³/mol. The summed E-state index contributed by atoms with van der Waals surface area (Å²) >= 11 is 0. The Morgan fingerprint density at radius 1 is 1.24 bits per heavy atom. The quantitative estimate of drug-likeness (QED) is 0.888. The van der Waals surface area contributed by atoms with Crippen molar-refractivity contribution in [1.82, 2.24) is 25.0 Å². The Morgan fingerprint density at radius 2 is 2.00 bits per heavy atom. The maximum atomic E-state index is 13.0. The van der Waals surface area contributed by atoms with Crippen LogP contribution in [0.3, 0.4) is 0 Å². The number of likely N-dealkylation sites (tertiary alicyclic amines) is 1. The second kappa shape index (κ2) is 7.62. The summed E-state index contributed by atoms with van der Waals surface area (Å²) in [6.45, 7) is 6.75. The summed E-state index contributed by atoms with van der Waals surface area (Å²) in [4.78, 5) is 15.1. The maximum absolute atomic E-state index is 13.0. The van der Waals surface area contributed by atoms with Gasteiger partial charge in [-0.1, -0.05) is 19.8 Å². The van der Waals surface area contributed by atoms with E-state index in [1.165, 1.54) is 6.42 Å². The number of carbonyl (C=O) groups is 1. The van der Waals surface area contributed by atoms with Crippen molar-refractivity contribution in [3.63, 3.8) is 0 Å². The van der Waals surface area contributed by atoms with E-state index in [9.17, 15) is 4.79 Å². The molecule has 3 heterocycles. The molecule has 1 aromatic heterocycles. The van der Waals surface area contributed by atoms with E-state index < -0.39 is 0 Å². The van der Waals surface area contributed by atoms with Crippen LogP contribution in [0.5, 0.6) is 0 Å². The summed E-state index contributed by atoms with van der Waals surface area (Å²) in [6.07, 6.45) is 7.66. The molecule has 0 radical (unpaired) electrons. The molecule has 1 aliphatic carbocycles. The molecule has 2 fully saturated rings. The van der Waals surface area contributed by atoms with Crippen molar-refractivity contribution in [1.29, 1.82) is 0 Å². The predicted octanol–water partition coefficient (Wildman–Crippen LogP) is 2.48. The molecule has 140 valence electrons. The van der Waals surface area contributed by atoms with Gasteiger partial charge in [0.1, 0.15) is 11.6 Å². The van der Waals surface area contributed by atoms with E-state index >= 15 is 0 Å². The molecule has 0 spiro atoms. The number of piperidine rings is 1. The van der Waals surface area contributed by atoms with Gasteiger partial charge < -0.3 is 14.8 Å². The van der Waals surface area contributed by atoms with Crippen molar-refractivity contribution in [3.05, 3.63) is 11.6 Å². The molecular formula is C18H30ClN5O. The van der Waals surface area contributed by atoms with Gasteiger partial charge in [0.05, 0.1) is 6.54 Å². The zero-order valence-corrected chi connectivity index (χ0v) is 16.0. The van der Waals surface area contributed by atoms with E-state index in [1.54, 1.807) is 0 Å². The Balaban J connectivity index is 0.00000182. The molecule has 0 atom stereocenters. The molecule has 2 aliphatic heterocycles. The van der Waals surface area contributed by atoms with Crippen LogP contribution in [0.25, 0.3) is 0 Å². The monoisotopic (exact) mass is 367 g/mol. The van der Waals surface area contributed by atoms with E-state index in [1.807, 2.05) is 0 Å². The van der Waals surface area contributed by atoms with E-state index in [4.69, 9.17) is 0 Å². The second-order valence-electron chi connectivity index (χ2n) is 7.75. The number of hydrogen-bond donors (Lipinski definition) is 1. The lowest BCUT2D eigenvalue weighted by molar-refractivity contribution is -0.149. The molecule has 1 amide bonds. The largest absolute Gasteiger partial charge is 0.342 e. The van der Waals surface area contributed by atoms with Crippen LogP contribution in [0.4, 0.5) is 0 Å². The molecule has 0 bridgehead atoms. The van der Waals surface area contributed by atoms with Gasteiger partial charge in [-0.2, -0.15) is 0 Å². The van der Waals surface area contributed by atoms with Crippen LogP contribution < -0.4 is 5.32 Å². The maximum Gasteiger partial charge on any atom is 0.228 e. The third kappa shape index (κ3) is 3.31. The Hall–Kier alpha value is -1.14. The minimum Gasteiger partial charge on any atom is -0.342 e. The Labute approximate surface area is 156 Å². The zero-order chi connectivity index (χ0) is 16.6. The van der Waals surface area contributed by atoms with Gasteiger partial charge >= 0.3 is 0 Å². The molecule has 25 heavy (non-hydrogen) atoms. The number of nitrogens with zero attached hydrogens (tertiary/aromatic N) is 4. The van der Waals surface area contributed by atoms with Gasteiger partial charge in [0.15, 0.2) is 0 Å². The minimum absolute atomic E-state index is 0. The normalized spacial score (nSPS) is 22.7. The average Bonchev–Trinajstić information content (AvgIpc) is 3.02. The highest BCUT2D eigenvalue weighted by molar-refractivity contribution is 5.85. The minimum atomic E-state index is -0.0126. The van der Waals surface area contributed by atoms with Gasteiger partial charge in [0.2, 0.25) is 5.91 Å². The van der Waals surface area contributed by atoms with Gasteiger partial charge in [-0.3, -0.25) is 4.79 Å². The summed E-state index contributed by atoms with van der Waals surface area (Å²) < 4.78 is 2.29. The van der Waals surface area contributed by atoms with Gasteiger partial charge in [0, 0.05) is 37.5 Å². The summed E-state index contributed by atoms with van der Waals surface area (Å²) in [5.74, 6) is 3.09. The third-order valence-corrected chi connectivity index (χ3v) is 6.29. The average molecular weight is 368 g/mol. The van der Waals surface area contributed by atoms with Crippen LogP contribution in [0, 0.1) is 5.41 Å². The van der Waals surface area contributed by atoms with E-state index in [2.05, 4.69) is 31.9 Å². The number of carbonyl (C=O) groups excluding carboxylic acids is 1. The van der Waals surface area contributed by atoms with Gasteiger partial charge in [-0.15, -0.1) is 22.6 Å². The highest BCUT2D eigenvalue weighted by Gasteiger charge is 2.45. The molecule has 6 nitrogen and oxygen atoms in total. The first kappa shape index (κ1) is 18.6. The van der Waals surface area contributed by atoms with Crippen LogP contribution in [-0.2, 0) is 17.9 Å². The number of rotatable bonds is 4. The van der Waals surface area contributed by atoms with Crippen molar-refractivity contribution >= 4 is 18.3 Å². The first-order valence-corrected chi connectivity index (χ1v) is 9.65. The molecule has 1 saturated carbocycles. The second-order valence-corrected chi connectivity index (χ2v) is 7.75. The third-order valence-electron chi connectivity index (χ3n) is 6.29. The summed E-state index contributed by atoms with van der Waals surface area (Å²) in [7, 11) is 0. The molecule has 1 N–H and O–H groups in total. The van der Waals surface area contributed by atoms with Crippen LogP contribution in [0.2, 0.25) is 0 Å². The Bertz CT molecular complexity index is 605. The molecule has 4 rings (SSSR count). The molecule has 7 heteroatoms. The Kier molecular flexibility index (Phi) is 5.68. The molecule has 1 saturated heterocycles. The van der Waals surface area contributed by atoms with Crippen LogP contribution in [0.15, 0.2) is 0 Å². The van der Waals surface area contributed by atoms with E-state index in [0.29, 0.717) is 11.8 Å². The molecule has 0 aromatic carbocycles. The number of hydrogen-bond acceptors (Lipinski definition) is 4.